The third-order valence-electron chi connectivity index (χ3n) is 2.69. The fourth-order valence-corrected chi connectivity index (χ4v) is 1.81. The first kappa shape index (κ1) is 11.4. The van der Waals surface area contributed by atoms with Crippen LogP contribution in [0.5, 0.6) is 0 Å². The topological polar surface area (TPSA) is 46.6 Å². The number of anilines is 1. The Hall–Kier alpha value is -2.10. The summed E-state index contributed by atoms with van der Waals surface area (Å²) in [4.78, 5) is 24.6. The second kappa shape index (κ2) is 4.82. The number of nitrogens with zero attached hydrogens (tertiary/aromatic N) is 1. The minimum Gasteiger partial charge on any atom is -0.466 e. The van der Waals surface area contributed by atoms with Crippen LogP contribution in [0, 0.1) is 0 Å². The fourth-order valence-electron chi connectivity index (χ4n) is 1.81. The molecule has 0 bridgehead atoms. The second-order valence-electron chi connectivity index (χ2n) is 3.72. The normalized spacial score (nSPS) is 14.9. The Morgan fingerprint density at radius 2 is 2.18 bits per heavy atom. The van der Waals surface area contributed by atoms with Gasteiger partial charge in [-0.25, -0.2) is 4.79 Å². The van der Waals surface area contributed by atoms with Crippen molar-refractivity contribution in [2.45, 2.75) is 6.42 Å². The molecule has 0 unspecified atom stereocenters. The van der Waals surface area contributed by atoms with Crippen molar-refractivity contribution in [3.8, 4) is 0 Å². The maximum atomic E-state index is 11.7. The fraction of sp³-hybridized carbons (Fsp3) is 0.231. The van der Waals surface area contributed by atoms with Crippen molar-refractivity contribution in [1.82, 2.24) is 0 Å². The number of esters is 1. The van der Waals surface area contributed by atoms with Crippen LogP contribution in [0.4, 0.5) is 5.69 Å². The third-order valence-corrected chi connectivity index (χ3v) is 2.69. The van der Waals surface area contributed by atoms with Crippen molar-refractivity contribution in [3.05, 3.63) is 42.1 Å². The average molecular weight is 231 g/mol. The van der Waals surface area contributed by atoms with E-state index in [9.17, 15) is 9.59 Å². The summed E-state index contributed by atoms with van der Waals surface area (Å²) >= 11 is 0. The van der Waals surface area contributed by atoms with Crippen molar-refractivity contribution in [3.63, 3.8) is 0 Å². The number of carbonyl (C=O) groups excluding carboxylic acids is 2. The minimum atomic E-state index is -0.403. The number of benzene rings is 1. The lowest BCUT2D eigenvalue weighted by atomic mass is 10.0. The molecule has 1 aliphatic rings. The smallest absolute Gasteiger partial charge is 0.331 e. The molecule has 0 saturated carbocycles. The highest BCUT2D eigenvalue weighted by atomic mass is 16.5. The van der Waals surface area contributed by atoms with Gasteiger partial charge in [0, 0.05) is 30.8 Å². The van der Waals surface area contributed by atoms with Crippen molar-refractivity contribution in [2.24, 2.45) is 0 Å². The van der Waals surface area contributed by atoms with Gasteiger partial charge < -0.3 is 9.64 Å². The van der Waals surface area contributed by atoms with E-state index in [0.717, 1.165) is 5.69 Å². The number of para-hydroxylation sites is 1. The first-order chi connectivity index (χ1) is 8.22. The Bertz CT molecular complexity index is 479. The molecule has 0 radical (unpaired) electrons. The molecule has 88 valence electrons. The highest BCUT2D eigenvalue weighted by Gasteiger charge is 2.20. The van der Waals surface area contributed by atoms with Crippen LogP contribution in [-0.4, -0.2) is 25.4 Å². The lowest BCUT2D eigenvalue weighted by Crippen LogP contribution is -2.27. The summed E-state index contributed by atoms with van der Waals surface area (Å²) in [5.41, 5.74) is 1.54. The van der Waals surface area contributed by atoms with Gasteiger partial charge in [-0.2, -0.15) is 0 Å². The van der Waals surface area contributed by atoms with Crippen LogP contribution in [0.3, 0.4) is 0 Å². The number of Topliss-reactive ketones (excluding diaryl/α,β-unsaturated/α-hetero) is 1. The van der Waals surface area contributed by atoms with E-state index in [-0.39, 0.29) is 5.78 Å². The summed E-state index contributed by atoms with van der Waals surface area (Å²) in [6.45, 7) is 0.587. The van der Waals surface area contributed by atoms with Crippen molar-refractivity contribution < 1.29 is 14.3 Å². The number of ether oxygens (including phenoxy) is 1. The van der Waals surface area contributed by atoms with E-state index < -0.39 is 5.97 Å². The van der Waals surface area contributed by atoms with Gasteiger partial charge in [0.1, 0.15) is 0 Å². The molecule has 4 nitrogen and oxygen atoms in total. The number of methoxy groups -OCH3 is 1. The molecule has 0 atom stereocenters. The summed E-state index contributed by atoms with van der Waals surface area (Å²) in [6.07, 6.45) is 3.46. The quantitative estimate of drug-likeness (QED) is 0.575. The SMILES string of the molecule is COC(=O)C=CN1CCC(=O)c2ccccc21. The zero-order valence-corrected chi connectivity index (χ0v) is 9.55. The van der Waals surface area contributed by atoms with Crippen LogP contribution < -0.4 is 4.90 Å². The number of rotatable bonds is 2. The van der Waals surface area contributed by atoms with Gasteiger partial charge in [0.15, 0.2) is 5.78 Å². The zero-order chi connectivity index (χ0) is 12.3. The molecule has 4 heteroatoms. The van der Waals surface area contributed by atoms with Gasteiger partial charge in [-0.3, -0.25) is 4.79 Å². The maximum Gasteiger partial charge on any atom is 0.331 e. The molecular weight excluding hydrogens is 218 g/mol. The lowest BCUT2D eigenvalue weighted by molar-refractivity contribution is -0.134. The molecule has 0 fully saturated rings. The van der Waals surface area contributed by atoms with Crippen LogP contribution in [0.25, 0.3) is 0 Å². The Labute approximate surface area is 99.5 Å². The second-order valence-corrected chi connectivity index (χ2v) is 3.72. The highest BCUT2D eigenvalue weighted by molar-refractivity contribution is 6.03. The summed E-state index contributed by atoms with van der Waals surface area (Å²) < 4.78 is 4.53. The summed E-state index contributed by atoms with van der Waals surface area (Å²) in [7, 11) is 1.33. The predicted molar refractivity (Wildman–Crippen MR) is 63.9 cm³/mol. The van der Waals surface area contributed by atoms with E-state index in [1.807, 2.05) is 23.1 Å². The molecule has 1 aliphatic heterocycles. The van der Waals surface area contributed by atoms with Gasteiger partial charge in [-0.15, -0.1) is 0 Å². The van der Waals surface area contributed by atoms with E-state index >= 15 is 0 Å². The summed E-state index contributed by atoms with van der Waals surface area (Å²) in [5.74, 6) is -0.261. The zero-order valence-electron chi connectivity index (χ0n) is 9.55. The molecule has 0 N–H and O–H groups in total. The molecule has 0 amide bonds. The minimum absolute atomic E-state index is 0.142. The van der Waals surface area contributed by atoms with Gasteiger partial charge in [-0.05, 0) is 12.1 Å². The molecule has 17 heavy (non-hydrogen) atoms. The molecule has 1 aromatic carbocycles. The molecule has 0 aromatic heterocycles. The van der Waals surface area contributed by atoms with Crippen LogP contribution in [0.1, 0.15) is 16.8 Å². The van der Waals surface area contributed by atoms with Gasteiger partial charge >= 0.3 is 5.97 Å². The molecule has 0 saturated heterocycles. The van der Waals surface area contributed by atoms with E-state index in [2.05, 4.69) is 4.74 Å². The standard InChI is InChI=1S/C13H13NO3/c1-17-13(16)7-9-14-8-6-12(15)10-4-2-3-5-11(10)14/h2-5,7,9H,6,8H2,1H3. The van der Waals surface area contributed by atoms with Crippen molar-refractivity contribution in [2.75, 3.05) is 18.6 Å². The first-order valence-corrected chi connectivity index (χ1v) is 5.37. The third kappa shape index (κ3) is 2.36. The van der Waals surface area contributed by atoms with Gasteiger partial charge in [0.05, 0.1) is 12.8 Å². The molecular formula is C13H13NO3. The Morgan fingerprint density at radius 1 is 1.41 bits per heavy atom. The summed E-state index contributed by atoms with van der Waals surface area (Å²) in [6, 6.07) is 7.38. The number of hydrogen-bond acceptors (Lipinski definition) is 4. The van der Waals surface area contributed by atoms with Gasteiger partial charge in [0.2, 0.25) is 0 Å². The molecule has 1 heterocycles. The largest absolute Gasteiger partial charge is 0.466 e. The average Bonchev–Trinajstić information content (AvgIpc) is 2.38. The van der Waals surface area contributed by atoms with Crippen LogP contribution in [0.2, 0.25) is 0 Å². The van der Waals surface area contributed by atoms with Crippen LogP contribution >= 0.6 is 0 Å². The van der Waals surface area contributed by atoms with E-state index in [0.29, 0.717) is 18.5 Å². The number of hydrogen-bond donors (Lipinski definition) is 0. The Balaban J connectivity index is 2.27. The lowest BCUT2D eigenvalue weighted by Gasteiger charge is -2.26. The monoisotopic (exact) mass is 231 g/mol. The van der Waals surface area contributed by atoms with Crippen LogP contribution in [-0.2, 0) is 9.53 Å². The van der Waals surface area contributed by atoms with Crippen molar-refractivity contribution >= 4 is 17.4 Å². The highest BCUT2D eigenvalue weighted by Crippen LogP contribution is 2.26. The maximum absolute atomic E-state index is 11.7. The van der Waals surface area contributed by atoms with E-state index in [4.69, 9.17) is 0 Å². The predicted octanol–water partition coefficient (Wildman–Crippen LogP) is 1.77. The number of carbonyl (C=O) groups is 2. The number of fused-ring (bicyclic) bond motifs is 1. The Morgan fingerprint density at radius 3 is 2.94 bits per heavy atom. The first-order valence-electron chi connectivity index (χ1n) is 5.37. The van der Waals surface area contributed by atoms with E-state index in [1.54, 1.807) is 12.3 Å². The molecule has 1 aromatic rings. The molecule has 2 rings (SSSR count). The molecule has 0 aliphatic carbocycles. The number of ketones is 1. The Kier molecular flexibility index (Phi) is 3.23. The molecule has 0 spiro atoms. The summed E-state index contributed by atoms with van der Waals surface area (Å²) in [5, 5.41) is 0. The van der Waals surface area contributed by atoms with E-state index in [1.165, 1.54) is 13.2 Å². The van der Waals surface area contributed by atoms with Gasteiger partial charge in [0.25, 0.3) is 0 Å². The van der Waals surface area contributed by atoms with Crippen molar-refractivity contribution in [1.29, 1.82) is 0 Å². The van der Waals surface area contributed by atoms with Gasteiger partial charge in [-0.1, -0.05) is 12.1 Å². The van der Waals surface area contributed by atoms with Crippen LogP contribution in [0.15, 0.2) is 36.5 Å².